The Morgan fingerprint density at radius 2 is 1.89 bits per heavy atom. The second kappa shape index (κ2) is 10.5. The molecule has 1 aromatic carbocycles. The van der Waals surface area contributed by atoms with Crippen LogP contribution >= 0.6 is 11.8 Å². The molecule has 1 saturated heterocycles. The van der Waals surface area contributed by atoms with E-state index in [1.165, 1.54) is 16.3 Å². The number of carboxylic acid groups (broad SMARTS) is 1. The number of carbonyl (C=O) groups excluding carboxylic acids is 1. The lowest BCUT2D eigenvalue weighted by atomic mass is 9.90. The number of halogens is 2. The van der Waals surface area contributed by atoms with Crippen molar-refractivity contribution in [1.29, 1.82) is 0 Å². The zero-order valence-corrected chi connectivity index (χ0v) is 20.9. The first-order chi connectivity index (χ1) is 17.8. The number of para-hydroxylation sites is 2. The van der Waals surface area contributed by atoms with Gasteiger partial charge in [0.2, 0.25) is 5.91 Å². The van der Waals surface area contributed by atoms with E-state index in [1.807, 2.05) is 6.26 Å². The largest absolute Gasteiger partial charge is 0.465 e. The van der Waals surface area contributed by atoms with Crippen molar-refractivity contribution in [2.24, 2.45) is 0 Å². The van der Waals surface area contributed by atoms with Crippen molar-refractivity contribution in [3.05, 3.63) is 36.2 Å². The molecule has 3 heterocycles. The lowest BCUT2D eigenvalue weighted by Gasteiger charge is -2.35. The number of carbonyl (C=O) groups is 2. The summed E-state index contributed by atoms with van der Waals surface area (Å²) in [4.78, 5) is 38.5. The average molecular weight is 532 g/mol. The topological polar surface area (TPSA) is 125 Å². The third-order valence-electron chi connectivity index (χ3n) is 6.91. The summed E-state index contributed by atoms with van der Waals surface area (Å²) in [5, 5.41) is 15.1. The van der Waals surface area contributed by atoms with Gasteiger partial charge >= 0.3 is 6.09 Å². The second-order valence-corrected chi connectivity index (χ2v) is 9.94. The lowest BCUT2D eigenvalue weighted by molar-refractivity contribution is -0.131. The minimum absolute atomic E-state index is 0.0692. The van der Waals surface area contributed by atoms with Gasteiger partial charge in [-0.1, -0.05) is 23.9 Å². The van der Waals surface area contributed by atoms with E-state index >= 15 is 0 Å². The minimum Gasteiger partial charge on any atom is -0.465 e. The number of hydrogen-bond donors (Lipinski definition) is 3. The van der Waals surface area contributed by atoms with Crippen molar-refractivity contribution in [2.75, 3.05) is 18.1 Å². The first-order valence-corrected chi connectivity index (χ1v) is 13.3. The first-order valence-electron chi connectivity index (χ1n) is 12.1. The molecule has 1 saturated carbocycles. The Bertz CT molecular complexity index is 1310. The van der Waals surface area contributed by atoms with Gasteiger partial charge in [0.1, 0.15) is 17.7 Å². The number of likely N-dealkylation sites (tertiary alicyclic amines) is 1. The van der Waals surface area contributed by atoms with Crippen LogP contribution in [0, 0.1) is 0 Å². The molecule has 13 heteroatoms. The average Bonchev–Trinajstić information content (AvgIpc) is 3.45. The molecular formula is C24H27F2N7O3S. The van der Waals surface area contributed by atoms with Crippen LogP contribution in [-0.4, -0.2) is 72.5 Å². The van der Waals surface area contributed by atoms with E-state index in [4.69, 9.17) is 5.11 Å². The molecule has 1 aliphatic heterocycles. The van der Waals surface area contributed by atoms with E-state index < -0.39 is 18.6 Å². The van der Waals surface area contributed by atoms with Crippen LogP contribution in [0.2, 0.25) is 0 Å². The van der Waals surface area contributed by atoms with Crippen LogP contribution in [0.1, 0.15) is 44.4 Å². The standard InChI is InChI=1S/C24H27F2N7O3S/c1-37-23-30-18(12-19(31-23)33-17-5-3-2-4-15(17)28-21(33)20(25)26)27-13-6-8-14(9-7-13)32-11-10-16(22(32)34)29-24(35)36/h2-5,12-14,16,20,29H,6-11H2,1H3,(H,35,36)(H,27,30,31)/t13?,14?,16-/m1/s1. The molecule has 196 valence electrons. The molecule has 2 aliphatic rings. The molecule has 1 atom stereocenters. The van der Waals surface area contributed by atoms with Gasteiger partial charge in [0.05, 0.1) is 11.0 Å². The Kier molecular flexibility index (Phi) is 7.13. The van der Waals surface area contributed by atoms with Crippen molar-refractivity contribution < 1.29 is 23.5 Å². The number of rotatable bonds is 7. The summed E-state index contributed by atoms with van der Waals surface area (Å²) in [5.74, 6) is 0.327. The summed E-state index contributed by atoms with van der Waals surface area (Å²) in [6.07, 6.45) is 1.47. The number of nitrogens with zero attached hydrogens (tertiary/aromatic N) is 5. The van der Waals surface area contributed by atoms with Crippen LogP contribution in [0.15, 0.2) is 35.5 Å². The molecule has 2 amide bonds. The number of imidazole rings is 1. The van der Waals surface area contributed by atoms with E-state index in [1.54, 1.807) is 35.2 Å². The molecule has 0 spiro atoms. The number of alkyl halides is 2. The maximum Gasteiger partial charge on any atom is 0.405 e. The monoisotopic (exact) mass is 531 g/mol. The number of amides is 2. The zero-order valence-electron chi connectivity index (χ0n) is 20.1. The van der Waals surface area contributed by atoms with Crippen molar-refractivity contribution in [3.8, 4) is 5.82 Å². The Labute approximate surface area is 215 Å². The van der Waals surface area contributed by atoms with E-state index in [-0.39, 0.29) is 23.8 Å². The van der Waals surface area contributed by atoms with Crippen molar-refractivity contribution >= 4 is 40.6 Å². The normalized spacial score (nSPS) is 22.1. The fourth-order valence-electron chi connectivity index (χ4n) is 5.21. The quantitative estimate of drug-likeness (QED) is 0.308. The highest BCUT2D eigenvalue weighted by Gasteiger charge is 2.38. The maximum absolute atomic E-state index is 13.9. The van der Waals surface area contributed by atoms with Crippen LogP contribution in [0.4, 0.5) is 19.4 Å². The fraction of sp³-hybridized carbons (Fsp3) is 0.458. The van der Waals surface area contributed by atoms with Crippen LogP contribution in [0.25, 0.3) is 16.9 Å². The van der Waals surface area contributed by atoms with Crippen molar-refractivity contribution in [2.45, 2.75) is 61.8 Å². The number of hydrogen-bond acceptors (Lipinski definition) is 7. The number of nitrogens with one attached hydrogen (secondary N) is 2. The van der Waals surface area contributed by atoms with Gasteiger partial charge in [-0.2, -0.15) is 0 Å². The zero-order chi connectivity index (χ0) is 26.1. The second-order valence-electron chi connectivity index (χ2n) is 9.17. The van der Waals surface area contributed by atoms with Crippen LogP contribution < -0.4 is 10.6 Å². The summed E-state index contributed by atoms with van der Waals surface area (Å²) in [6, 6.07) is 8.11. The molecule has 10 nitrogen and oxygen atoms in total. The number of aromatic nitrogens is 4. The molecule has 3 aromatic rings. The Morgan fingerprint density at radius 3 is 2.59 bits per heavy atom. The molecule has 0 radical (unpaired) electrons. The van der Waals surface area contributed by atoms with Gasteiger partial charge in [-0.15, -0.1) is 0 Å². The van der Waals surface area contributed by atoms with Gasteiger partial charge in [0.25, 0.3) is 6.43 Å². The lowest BCUT2D eigenvalue weighted by Crippen LogP contribution is -2.46. The smallest absolute Gasteiger partial charge is 0.405 e. The van der Waals surface area contributed by atoms with Crippen LogP contribution in [0.3, 0.4) is 0 Å². The highest BCUT2D eigenvalue weighted by atomic mass is 32.2. The third-order valence-corrected chi connectivity index (χ3v) is 7.46. The van der Waals surface area contributed by atoms with Gasteiger partial charge in [-0.05, 0) is 50.5 Å². The Balaban J connectivity index is 1.32. The van der Waals surface area contributed by atoms with Gasteiger partial charge in [-0.3, -0.25) is 9.36 Å². The molecule has 3 N–H and O–H groups in total. The number of thioether (sulfide) groups is 1. The van der Waals surface area contributed by atoms with Gasteiger partial charge in [-0.25, -0.2) is 28.5 Å². The van der Waals surface area contributed by atoms with E-state index in [0.29, 0.717) is 40.8 Å². The van der Waals surface area contributed by atoms with Gasteiger partial charge < -0.3 is 20.6 Å². The first kappa shape index (κ1) is 25.2. The number of anilines is 1. The van der Waals surface area contributed by atoms with E-state index in [9.17, 15) is 18.4 Å². The van der Waals surface area contributed by atoms with Crippen molar-refractivity contribution in [3.63, 3.8) is 0 Å². The number of fused-ring (bicyclic) bond motifs is 1. The highest BCUT2D eigenvalue weighted by molar-refractivity contribution is 7.98. The molecule has 1 aliphatic carbocycles. The summed E-state index contributed by atoms with van der Waals surface area (Å²) in [7, 11) is 0. The predicted molar refractivity (Wildman–Crippen MR) is 134 cm³/mol. The third kappa shape index (κ3) is 5.17. The molecular weight excluding hydrogens is 504 g/mol. The van der Waals surface area contributed by atoms with Crippen LogP contribution in [-0.2, 0) is 4.79 Å². The van der Waals surface area contributed by atoms with Gasteiger partial charge in [0, 0.05) is 24.7 Å². The minimum atomic E-state index is -2.77. The highest BCUT2D eigenvalue weighted by Crippen LogP contribution is 2.31. The maximum atomic E-state index is 13.9. The summed E-state index contributed by atoms with van der Waals surface area (Å²) < 4.78 is 29.1. The Morgan fingerprint density at radius 1 is 1.14 bits per heavy atom. The predicted octanol–water partition coefficient (Wildman–Crippen LogP) is 4.07. The number of benzene rings is 1. The van der Waals surface area contributed by atoms with E-state index in [2.05, 4.69) is 25.6 Å². The van der Waals surface area contributed by atoms with E-state index in [0.717, 1.165) is 25.7 Å². The summed E-state index contributed by atoms with van der Waals surface area (Å²) in [6.45, 7) is 0.546. The fourth-order valence-corrected chi connectivity index (χ4v) is 5.59. The molecule has 0 unspecified atom stereocenters. The molecule has 2 fully saturated rings. The summed E-state index contributed by atoms with van der Waals surface area (Å²) >= 11 is 1.32. The Hall–Kier alpha value is -3.48. The molecule has 37 heavy (non-hydrogen) atoms. The van der Waals surface area contributed by atoms with Gasteiger partial charge in [0.15, 0.2) is 11.0 Å². The van der Waals surface area contributed by atoms with Crippen LogP contribution in [0.5, 0.6) is 0 Å². The molecule has 2 aromatic heterocycles. The SMILES string of the molecule is CSc1nc(NC2CCC(N3CC[C@@H](NC(=O)O)C3=O)CC2)cc(-n2c(C(F)F)nc3ccccc32)n1. The summed E-state index contributed by atoms with van der Waals surface area (Å²) in [5.41, 5.74) is 1.01. The molecule has 0 bridgehead atoms. The molecule has 5 rings (SSSR count). The van der Waals surface area contributed by atoms with Crippen molar-refractivity contribution in [1.82, 2.24) is 29.7 Å².